The third kappa shape index (κ3) is 1.88. The van der Waals surface area contributed by atoms with E-state index < -0.39 is 0 Å². The molecule has 0 aliphatic heterocycles. The molecule has 72 valence electrons. The van der Waals surface area contributed by atoms with Crippen molar-refractivity contribution in [1.29, 1.82) is 0 Å². The summed E-state index contributed by atoms with van der Waals surface area (Å²) in [5.41, 5.74) is 1.21. The Bertz CT molecular complexity index is 290. The van der Waals surface area contributed by atoms with Gasteiger partial charge < -0.3 is 9.42 Å². The van der Waals surface area contributed by atoms with Crippen LogP contribution in [0.2, 0.25) is 0 Å². The standard InChI is InChI=1S/C9H14N2O2/c1-4-11(5-2)9(12)8-7(3)6-13-10-8/h6H,4-5H2,1-3H3. The summed E-state index contributed by atoms with van der Waals surface area (Å²) in [6.45, 7) is 7.09. The van der Waals surface area contributed by atoms with E-state index in [1.807, 2.05) is 20.8 Å². The molecule has 0 radical (unpaired) electrons. The van der Waals surface area contributed by atoms with Gasteiger partial charge in [-0.3, -0.25) is 4.79 Å². The lowest BCUT2D eigenvalue weighted by Gasteiger charge is -2.16. The second-order valence-corrected chi connectivity index (χ2v) is 2.82. The van der Waals surface area contributed by atoms with Crippen LogP contribution in [0.15, 0.2) is 10.8 Å². The molecule has 1 rings (SSSR count). The number of carbonyl (C=O) groups is 1. The third-order valence-electron chi connectivity index (χ3n) is 2.00. The molecule has 0 unspecified atom stereocenters. The average Bonchev–Trinajstić information content (AvgIpc) is 2.53. The molecule has 0 aliphatic carbocycles. The summed E-state index contributed by atoms with van der Waals surface area (Å²) in [5.74, 6) is -0.0590. The van der Waals surface area contributed by atoms with Gasteiger partial charge in [-0.2, -0.15) is 0 Å². The molecule has 0 atom stereocenters. The molecule has 0 aliphatic rings. The number of aromatic nitrogens is 1. The highest BCUT2D eigenvalue weighted by atomic mass is 16.5. The SMILES string of the molecule is CCN(CC)C(=O)c1nocc1C. The van der Waals surface area contributed by atoms with Gasteiger partial charge in [-0.25, -0.2) is 0 Å². The van der Waals surface area contributed by atoms with E-state index in [2.05, 4.69) is 5.16 Å². The predicted octanol–water partition coefficient (Wildman–Crippen LogP) is 1.47. The van der Waals surface area contributed by atoms with E-state index in [1.165, 1.54) is 6.26 Å². The fraction of sp³-hybridized carbons (Fsp3) is 0.556. The van der Waals surface area contributed by atoms with E-state index >= 15 is 0 Å². The first-order valence-electron chi connectivity index (χ1n) is 4.40. The highest BCUT2D eigenvalue weighted by molar-refractivity contribution is 5.93. The molecule has 0 saturated carbocycles. The molecule has 4 nitrogen and oxygen atoms in total. The molecule has 0 saturated heterocycles. The molecule has 0 bridgehead atoms. The van der Waals surface area contributed by atoms with Gasteiger partial charge in [0.1, 0.15) is 6.26 Å². The van der Waals surface area contributed by atoms with Gasteiger partial charge in [-0.05, 0) is 20.8 Å². The van der Waals surface area contributed by atoms with Crippen molar-refractivity contribution in [3.8, 4) is 0 Å². The largest absolute Gasteiger partial charge is 0.364 e. The van der Waals surface area contributed by atoms with Gasteiger partial charge in [0.05, 0.1) is 0 Å². The number of aryl methyl sites for hydroxylation is 1. The Balaban J connectivity index is 2.84. The maximum absolute atomic E-state index is 11.7. The van der Waals surface area contributed by atoms with Crippen LogP contribution in [-0.4, -0.2) is 29.1 Å². The van der Waals surface area contributed by atoms with Gasteiger partial charge >= 0.3 is 0 Å². The van der Waals surface area contributed by atoms with Gasteiger partial charge in [-0.1, -0.05) is 5.16 Å². The topological polar surface area (TPSA) is 46.3 Å². The van der Waals surface area contributed by atoms with Crippen molar-refractivity contribution in [1.82, 2.24) is 10.1 Å². The van der Waals surface area contributed by atoms with Gasteiger partial charge in [0.2, 0.25) is 0 Å². The first-order chi connectivity index (χ1) is 6.20. The Morgan fingerprint density at radius 2 is 2.15 bits per heavy atom. The van der Waals surface area contributed by atoms with Crippen molar-refractivity contribution in [2.75, 3.05) is 13.1 Å². The zero-order valence-electron chi connectivity index (χ0n) is 8.20. The summed E-state index contributed by atoms with van der Waals surface area (Å²) in [6.07, 6.45) is 1.48. The minimum absolute atomic E-state index is 0.0590. The summed E-state index contributed by atoms with van der Waals surface area (Å²) in [5, 5.41) is 3.67. The normalized spacial score (nSPS) is 10.1. The first-order valence-corrected chi connectivity index (χ1v) is 4.40. The molecule has 0 spiro atoms. The smallest absolute Gasteiger partial charge is 0.276 e. The number of amides is 1. The van der Waals surface area contributed by atoms with Gasteiger partial charge in [-0.15, -0.1) is 0 Å². The summed E-state index contributed by atoms with van der Waals surface area (Å²) in [4.78, 5) is 13.4. The zero-order valence-corrected chi connectivity index (χ0v) is 8.20. The van der Waals surface area contributed by atoms with Crippen molar-refractivity contribution in [2.24, 2.45) is 0 Å². The summed E-state index contributed by atoms with van der Waals surface area (Å²) < 4.78 is 4.71. The number of rotatable bonds is 3. The zero-order chi connectivity index (χ0) is 9.84. The Kier molecular flexibility index (Phi) is 3.06. The highest BCUT2D eigenvalue weighted by Crippen LogP contribution is 2.07. The van der Waals surface area contributed by atoms with Crippen molar-refractivity contribution in [3.63, 3.8) is 0 Å². The molecule has 0 N–H and O–H groups in total. The molecule has 1 amide bonds. The lowest BCUT2D eigenvalue weighted by molar-refractivity contribution is 0.0762. The Morgan fingerprint density at radius 1 is 1.54 bits per heavy atom. The maximum atomic E-state index is 11.7. The Hall–Kier alpha value is -1.32. The van der Waals surface area contributed by atoms with E-state index in [9.17, 15) is 4.79 Å². The monoisotopic (exact) mass is 182 g/mol. The molecule has 4 heteroatoms. The molecule has 0 fully saturated rings. The summed E-state index contributed by atoms with van der Waals surface area (Å²) in [6, 6.07) is 0. The molecule has 13 heavy (non-hydrogen) atoms. The van der Waals surface area contributed by atoms with Crippen LogP contribution >= 0.6 is 0 Å². The van der Waals surface area contributed by atoms with E-state index in [0.29, 0.717) is 18.8 Å². The molecular weight excluding hydrogens is 168 g/mol. The molecule has 0 aromatic carbocycles. The van der Waals surface area contributed by atoms with Gasteiger partial charge in [0.15, 0.2) is 5.69 Å². The second kappa shape index (κ2) is 4.07. The molecule has 1 aromatic heterocycles. The van der Waals surface area contributed by atoms with E-state index in [-0.39, 0.29) is 5.91 Å². The van der Waals surface area contributed by atoms with Crippen LogP contribution in [0.4, 0.5) is 0 Å². The minimum atomic E-state index is -0.0590. The lowest BCUT2D eigenvalue weighted by Crippen LogP contribution is -2.31. The fourth-order valence-corrected chi connectivity index (χ4v) is 1.15. The van der Waals surface area contributed by atoms with Crippen LogP contribution in [0, 0.1) is 6.92 Å². The quantitative estimate of drug-likeness (QED) is 0.711. The molecule has 1 aromatic rings. The van der Waals surface area contributed by atoms with E-state index in [0.717, 1.165) is 5.56 Å². The number of carbonyl (C=O) groups excluding carboxylic acids is 1. The predicted molar refractivity (Wildman–Crippen MR) is 48.5 cm³/mol. The molecular formula is C9H14N2O2. The fourth-order valence-electron chi connectivity index (χ4n) is 1.15. The van der Waals surface area contributed by atoms with Crippen LogP contribution in [0.1, 0.15) is 29.9 Å². The van der Waals surface area contributed by atoms with Crippen LogP contribution in [0.25, 0.3) is 0 Å². The first kappa shape index (κ1) is 9.77. The van der Waals surface area contributed by atoms with E-state index in [1.54, 1.807) is 4.90 Å². The van der Waals surface area contributed by atoms with Gasteiger partial charge in [0, 0.05) is 18.7 Å². The Labute approximate surface area is 77.5 Å². The number of hydrogen-bond acceptors (Lipinski definition) is 3. The van der Waals surface area contributed by atoms with Crippen LogP contribution in [0.3, 0.4) is 0 Å². The minimum Gasteiger partial charge on any atom is -0.364 e. The van der Waals surface area contributed by atoms with Crippen molar-refractivity contribution >= 4 is 5.91 Å². The van der Waals surface area contributed by atoms with Crippen LogP contribution in [0.5, 0.6) is 0 Å². The number of hydrogen-bond donors (Lipinski definition) is 0. The Morgan fingerprint density at radius 3 is 2.54 bits per heavy atom. The van der Waals surface area contributed by atoms with Crippen LogP contribution in [-0.2, 0) is 0 Å². The second-order valence-electron chi connectivity index (χ2n) is 2.82. The molecule has 1 heterocycles. The third-order valence-corrected chi connectivity index (χ3v) is 2.00. The summed E-state index contributed by atoms with van der Waals surface area (Å²) in [7, 11) is 0. The number of nitrogens with zero attached hydrogens (tertiary/aromatic N) is 2. The van der Waals surface area contributed by atoms with Crippen molar-refractivity contribution in [2.45, 2.75) is 20.8 Å². The summed E-state index contributed by atoms with van der Waals surface area (Å²) >= 11 is 0. The van der Waals surface area contributed by atoms with Crippen LogP contribution < -0.4 is 0 Å². The van der Waals surface area contributed by atoms with Gasteiger partial charge in [0.25, 0.3) is 5.91 Å². The highest BCUT2D eigenvalue weighted by Gasteiger charge is 2.17. The maximum Gasteiger partial charge on any atom is 0.276 e. The average molecular weight is 182 g/mol. The van der Waals surface area contributed by atoms with Crippen molar-refractivity contribution in [3.05, 3.63) is 17.5 Å². The van der Waals surface area contributed by atoms with Crippen molar-refractivity contribution < 1.29 is 9.32 Å². The lowest BCUT2D eigenvalue weighted by atomic mass is 10.2. The van der Waals surface area contributed by atoms with E-state index in [4.69, 9.17) is 4.52 Å².